The van der Waals surface area contributed by atoms with Crippen LogP contribution < -0.4 is 0 Å². The molecule has 0 aromatic heterocycles. The van der Waals surface area contributed by atoms with Crippen molar-refractivity contribution in [2.45, 2.75) is 13.3 Å². The molecule has 0 atom stereocenters. The summed E-state index contributed by atoms with van der Waals surface area (Å²) in [5.74, 6) is 0. The van der Waals surface area contributed by atoms with Gasteiger partial charge in [-0.3, -0.25) is 9.11 Å². The van der Waals surface area contributed by atoms with Gasteiger partial charge in [-0.05, 0) is 0 Å². The fraction of sp³-hybridized carbons (Fsp3) is 0.667. The molecule has 0 aliphatic carbocycles. The van der Waals surface area contributed by atoms with Crippen LogP contribution in [0.4, 0.5) is 0 Å². The van der Waals surface area contributed by atoms with Crippen molar-refractivity contribution in [2.75, 3.05) is 0 Å². The van der Waals surface area contributed by atoms with Crippen LogP contribution in [0.5, 0.6) is 0 Å². The van der Waals surface area contributed by atoms with Crippen molar-refractivity contribution >= 4 is 47.2 Å². The van der Waals surface area contributed by atoms with Gasteiger partial charge < -0.3 is 4.79 Å². The second-order valence-corrected chi connectivity index (χ2v) is 1.27. The standard InChI is InChI=1S/C3H6O.Na.H2O3S.H/c1-2-3-4;;1-4(2)3;/h3H,2H2,1H3;;(H2,1,2,3);. The van der Waals surface area contributed by atoms with E-state index >= 15 is 0 Å². The summed E-state index contributed by atoms with van der Waals surface area (Å²) in [4.78, 5) is 9.17. The zero-order chi connectivity index (χ0) is 6.99. The molecule has 0 spiro atoms. The van der Waals surface area contributed by atoms with Crippen molar-refractivity contribution in [3.63, 3.8) is 0 Å². The van der Waals surface area contributed by atoms with Crippen molar-refractivity contribution in [1.29, 1.82) is 0 Å². The number of hydrogen-bond acceptors (Lipinski definition) is 2. The first kappa shape index (κ1) is 16.4. The van der Waals surface area contributed by atoms with Crippen LogP contribution in [0.2, 0.25) is 0 Å². The monoisotopic (exact) mass is 164 g/mol. The molecule has 52 valence electrons. The topological polar surface area (TPSA) is 74.6 Å². The Kier molecular flexibility index (Phi) is 28.9. The van der Waals surface area contributed by atoms with Crippen LogP contribution in [0.3, 0.4) is 0 Å². The number of carbonyl (C=O) groups excluding carboxylic acids is 1. The van der Waals surface area contributed by atoms with Crippen molar-refractivity contribution in [2.24, 2.45) is 0 Å². The Morgan fingerprint density at radius 1 is 1.56 bits per heavy atom. The average molecular weight is 164 g/mol. The van der Waals surface area contributed by atoms with E-state index in [9.17, 15) is 4.79 Å². The predicted octanol–water partition coefficient (Wildman–Crippen LogP) is -0.372. The van der Waals surface area contributed by atoms with Gasteiger partial charge in [0.25, 0.3) is 11.4 Å². The fourth-order valence-corrected chi connectivity index (χ4v) is 0. The molecule has 0 radical (unpaired) electrons. The number of carbonyl (C=O) groups is 1. The molecule has 0 saturated carbocycles. The molecule has 0 heterocycles. The van der Waals surface area contributed by atoms with E-state index in [4.69, 9.17) is 13.3 Å². The van der Waals surface area contributed by atoms with Gasteiger partial charge in [-0.2, -0.15) is 4.21 Å². The molecule has 0 amide bonds. The van der Waals surface area contributed by atoms with Crippen LogP contribution >= 0.6 is 0 Å². The third-order valence-corrected chi connectivity index (χ3v) is 0.167. The van der Waals surface area contributed by atoms with E-state index in [1.165, 1.54) is 0 Å². The predicted molar refractivity (Wildman–Crippen MR) is 36.9 cm³/mol. The van der Waals surface area contributed by atoms with Gasteiger partial charge in [0.1, 0.15) is 6.29 Å². The number of hydrogen-bond donors (Lipinski definition) is 2. The fourth-order valence-electron chi connectivity index (χ4n) is 0. The Hall–Kier alpha value is 0.740. The number of rotatable bonds is 1. The third-order valence-electron chi connectivity index (χ3n) is 0.167. The summed E-state index contributed by atoms with van der Waals surface area (Å²) in [6, 6.07) is 0. The molecule has 0 fully saturated rings. The van der Waals surface area contributed by atoms with E-state index in [0.717, 1.165) is 6.29 Å². The Morgan fingerprint density at radius 2 is 1.67 bits per heavy atom. The van der Waals surface area contributed by atoms with Gasteiger partial charge in [0.05, 0.1) is 0 Å². The average Bonchev–Trinajstić information content (AvgIpc) is 1.65. The van der Waals surface area contributed by atoms with E-state index in [-0.39, 0.29) is 29.6 Å². The molecule has 4 nitrogen and oxygen atoms in total. The van der Waals surface area contributed by atoms with E-state index in [1.54, 1.807) is 0 Å². The molecular formula is C3H9NaO4S. The summed E-state index contributed by atoms with van der Waals surface area (Å²) in [5.41, 5.74) is 0. The van der Waals surface area contributed by atoms with E-state index in [1.807, 2.05) is 6.92 Å². The normalized spacial score (nSPS) is 6.67. The van der Waals surface area contributed by atoms with Crippen LogP contribution in [0.1, 0.15) is 13.3 Å². The molecule has 0 aromatic rings. The first-order chi connectivity index (χ1) is 3.65. The SMILES string of the molecule is CCC=O.O=S(O)O.[NaH]. The Morgan fingerprint density at radius 3 is 1.67 bits per heavy atom. The summed E-state index contributed by atoms with van der Waals surface area (Å²) in [7, 11) is 0. The van der Waals surface area contributed by atoms with E-state index in [2.05, 4.69) is 0 Å². The minimum atomic E-state index is -2.61. The van der Waals surface area contributed by atoms with Gasteiger partial charge in [-0.25, -0.2) is 0 Å². The van der Waals surface area contributed by atoms with Crippen LogP contribution in [0.25, 0.3) is 0 Å². The molecule has 2 N–H and O–H groups in total. The molecular weight excluding hydrogens is 155 g/mol. The van der Waals surface area contributed by atoms with Gasteiger partial charge in [-0.1, -0.05) is 6.92 Å². The maximum atomic E-state index is 9.17. The van der Waals surface area contributed by atoms with Gasteiger partial charge in [-0.15, -0.1) is 0 Å². The van der Waals surface area contributed by atoms with Crippen molar-refractivity contribution in [1.82, 2.24) is 0 Å². The van der Waals surface area contributed by atoms with Crippen LogP contribution in [-0.2, 0) is 16.2 Å². The molecule has 0 aliphatic heterocycles. The van der Waals surface area contributed by atoms with Crippen molar-refractivity contribution < 1.29 is 18.1 Å². The summed E-state index contributed by atoms with van der Waals surface area (Å²) in [6.07, 6.45) is 1.51. The second kappa shape index (κ2) is 15.9. The zero-order valence-corrected chi connectivity index (χ0v) is 5.22. The molecule has 0 rings (SSSR count). The summed E-state index contributed by atoms with van der Waals surface area (Å²) in [6.45, 7) is 1.81. The molecule has 0 saturated heterocycles. The molecule has 0 aliphatic rings. The summed E-state index contributed by atoms with van der Waals surface area (Å²) < 4.78 is 22.8. The number of aldehydes is 1. The molecule has 6 heteroatoms. The first-order valence-corrected chi connectivity index (χ1v) is 2.95. The molecule has 0 aromatic carbocycles. The van der Waals surface area contributed by atoms with Gasteiger partial charge >= 0.3 is 29.6 Å². The third kappa shape index (κ3) is 131. The van der Waals surface area contributed by atoms with Crippen LogP contribution in [-0.4, -0.2) is 49.2 Å². The van der Waals surface area contributed by atoms with Crippen LogP contribution in [0.15, 0.2) is 0 Å². The second-order valence-electron chi connectivity index (χ2n) is 0.806. The summed E-state index contributed by atoms with van der Waals surface area (Å²) >= 11 is -2.61. The zero-order valence-electron chi connectivity index (χ0n) is 4.40. The van der Waals surface area contributed by atoms with Gasteiger partial charge in [0, 0.05) is 6.42 Å². The van der Waals surface area contributed by atoms with E-state index in [0.29, 0.717) is 6.42 Å². The van der Waals surface area contributed by atoms with E-state index < -0.39 is 11.4 Å². The van der Waals surface area contributed by atoms with Crippen molar-refractivity contribution in [3.05, 3.63) is 0 Å². The van der Waals surface area contributed by atoms with Gasteiger partial charge in [0.15, 0.2) is 0 Å². The quantitative estimate of drug-likeness (QED) is 0.315. The maximum absolute atomic E-state index is 9.17. The Bertz CT molecular complexity index is 72.2. The Balaban J connectivity index is -0.0000000720. The molecule has 0 bridgehead atoms. The van der Waals surface area contributed by atoms with Gasteiger partial charge in [0.2, 0.25) is 0 Å². The minimum absolute atomic E-state index is 0. The van der Waals surface area contributed by atoms with Crippen LogP contribution in [0, 0.1) is 0 Å². The Labute approximate surface area is 78.4 Å². The first-order valence-electron chi connectivity index (χ1n) is 1.88. The van der Waals surface area contributed by atoms with Crippen molar-refractivity contribution in [3.8, 4) is 0 Å². The molecule has 9 heavy (non-hydrogen) atoms. The molecule has 0 unspecified atom stereocenters. The summed E-state index contributed by atoms with van der Waals surface area (Å²) in [5, 5.41) is 0.